The number of alkyl carbamates (subject to hydrolysis) is 2. The Labute approximate surface area is 311 Å². The Kier molecular flexibility index (Phi) is 10.3. The molecule has 5 amide bonds. The van der Waals surface area contributed by atoms with Gasteiger partial charge in [-0.25, -0.2) is 24.6 Å². The summed E-state index contributed by atoms with van der Waals surface area (Å²) in [4.78, 5) is 82.4. The fourth-order valence-electron chi connectivity index (χ4n) is 7.67. The van der Waals surface area contributed by atoms with E-state index in [-0.39, 0.29) is 42.5 Å². The van der Waals surface area contributed by atoms with Crippen LogP contribution in [0.15, 0.2) is 48.7 Å². The van der Waals surface area contributed by atoms with Crippen LogP contribution < -0.4 is 10.6 Å². The average molecular weight is 740 g/mol. The van der Waals surface area contributed by atoms with Crippen LogP contribution in [-0.4, -0.2) is 104 Å². The van der Waals surface area contributed by atoms with Crippen LogP contribution >= 0.6 is 0 Å². The van der Waals surface area contributed by atoms with Crippen LogP contribution in [0.5, 0.6) is 0 Å². The fraction of sp³-hybridized carbons (Fsp3) is 0.447. The van der Waals surface area contributed by atoms with E-state index in [1.807, 2.05) is 56.3 Å². The molecule has 2 aromatic carbocycles. The number of rotatable bonds is 8. The number of carbonyl (C=O) groups excluding carboxylic acids is 5. The van der Waals surface area contributed by atoms with Crippen molar-refractivity contribution in [3.63, 3.8) is 0 Å². The fourth-order valence-corrected chi connectivity index (χ4v) is 7.67. The Morgan fingerprint density at radius 3 is 2.30 bits per heavy atom. The van der Waals surface area contributed by atoms with Crippen molar-refractivity contribution in [3.8, 4) is 22.4 Å². The molecular formula is C38H45N9O7. The third-order valence-corrected chi connectivity index (χ3v) is 10.5. The molecule has 16 heteroatoms. The van der Waals surface area contributed by atoms with Crippen molar-refractivity contribution in [1.29, 1.82) is 0 Å². The highest BCUT2D eigenvalue weighted by Gasteiger charge is 2.44. The summed E-state index contributed by atoms with van der Waals surface area (Å²) in [6.07, 6.45) is 3.62. The van der Waals surface area contributed by atoms with Gasteiger partial charge in [-0.15, -0.1) is 0 Å². The summed E-state index contributed by atoms with van der Waals surface area (Å²) in [7, 11) is 2.51. The smallest absolute Gasteiger partial charge is 0.407 e. The number of methoxy groups -OCH3 is 2. The number of ether oxygens (including phenoxy) is 2. The van der Waals surface area contributed by atoms with E-state index in [0.717, 1.165) is 46.3 Å². The van der Waals surface area contributed by atoms with Crippen LogP contribution in [0, 0.1) is 5.92 Å². The molecule has 0 unspecified atom stereocenters. The van der Waals surface area contributed by atoms with Gasteiger partial charge in [0.25, 0.3) is 5.91 Å². The SMILES string of the molecule is COC(=O)N[C@H]1CCC(=O)N2CCC[C@@H](c3nc4ccc(-c5ccc(-c6cnc([C@@H]7CCCN7C(=O)[C@@H](NC(=O)OC)C(C)C)[nH]6)cc5)cc4[nH]3)N2C1=O. The van der Waals surface area contributed by atoms with E-state index in [2.05, 4.69) is 25.6 Å². The van der Waals surface area contributed by atoms with Crippen LogP contribution in [0.4, 0.5) is 9.59 Å². The summed E-state index contributed by atoms with van der Waals surface area (Å²) >= 11 is 0. The van der Waals surface area contributed by atoms with Gasteiger partial charge in [-0.1, -0.05) is 44.2 Å². The van der Waals surface area contributed by atoms with Gasteiger partial charge < -0.3 is 35.0 Å². The summed E-state index contributed by atoms with van der Waals surface area (Å²) in [5.74, 6) is 0.446. The first-order chi connectivity index (χ1) is 26.1. The zero-order valence-electron chi connectivity index (χ0n) is 30.8. The predicted molar refractivity (Wildman–Crippen MR) is 196 cm³/mol. The van der Waals surface area contributed by atoms with Crippen LogP contribution in [0.25, 0.3) is 33.4 Å². The number of benzene rings is 2. The van der Waals surface area contributed by atoms with E-state index >= 15 is 0 Å². The molecule has 284 valence electrons. The highest BCUT2D eigenvalue weighted by Crippen LogP contribution is 2.36. The maximum Gasteiger partial charge on any atom is 0.407 e. The lowest BCUT2D eigenvalue weighted by Gasteiger charge is -2.42. The molecule has 54 heavy (non-hydrogen) atoms. The Balaban J connectivity index is 1.08. The monoisotopic (exact) mass is 739 g/mol. The van der Waals surface area contributed by atoms with Gasteiger partial charge in [-0.05, 0) is 66.8 Å². The highest BCUT2D eigenvalue weighted by atomic mass is 16.5. The number of carbonyl (C=O) groups is 5. The summed E-state index contributed by atoms with van der Waals surface area (Å²) in [5.41, 5.74) is 5.22. The minimum atomic E-state index is -0.889. The number of imidazole rings is 2. The lowest BCUT2D eigenvalue weighted by atomic mass is 10.0. The second-order valence-corrected chi connectivity index (χ2v) is 14.2. The topological polar surface area (TPSA) is 195 Å². The molecule has 3 aliphatic rings. The number of hydrogen-bond donors (Lipinski definition) is 4. The molecule has 5 heterocycles. The van der Waals surface area contributed by atoms with E-state index in [9.17, 15) is 24.0 Å². The number of likely N-dealkylation sites (tertiary alicyclic amines) is 1. The van der Waals surface area contributed by atoms with E-state index in [1.54, 1.807) is 11.1 Å². The summed E-state index contributed by atoms with van der Waals surface area (Å²) in [6, 6.07) is 11.7. The number of nitrogens with zero attached hydrogens (tertiary/aromatic N) is 5. The number of aromatic amines is 2. The molecule has 3 fully saturated rings. The molecule has 4 atom stereocenters. The number of H-pyrrole nitrogens is 2. The van der Waals surface area contributed by atoms with Crippen molar-refractivity contribution >= 4 is 40.9 Å². The van der Waals surface area contributed by atoms with Crippen molar-refractivity contribution in [2.45, 2.75) is 76.5 Å². The molecular weight excluding hydrogens is 694 g/mol. The van der Waals surface area contributed by atoms with Gasteiger partial charge in [0.2, 0.25) is 11.8 Å². The van der Waals surface area contributed by atoms with Crippen LogP contribution in [0.3, 0.4) is 0 Å². The van der Waals surface area contributed by atoms with E-state index in [4.69, 9.17) is 14.5 Å². The number of aromatic nitrogens is 4. The second kappa shape index (κ2) is 15.2. The molecule has 16 nitrogen and oxygen atoms in total. The molecule has 3 saturated heterocycles. The Bertz CT molecular complexity index is 2060. The molecule has 3 aliphatic heterocycles. The van der Waals surface area contributed by atoms with Gasteiger partial charge in [-0.2, -0.15) is 0 Å². The van der Waals surface area contributed by atoms with E-state index in [0.29, 0.717) is 37.6 Å². The minimum Gasteiger partial charge on any atom is -0.453 e. The molecule has 2 aromatic heterocycles. The summed E-state index contributed by atoms with van der Waals surface area (Å²) in [5, 5.41) is 8.23. The number of nitrogens with one attached hydrogen (secondary N) is 4. The Hall–Kier alpha value is -5.93. The first-order valence-electron chi connectivity index (χ1n) is 18.3. The zero-order valence-corrected chi connectivity index (χ0v) is 30.8. The molecule has 7 rings (SSSR count). The third kappa shape index (κ3) is 7.07. The van der Waals surface area contributed by atoms with Gasteiger partial charge >= 0.3 is 12.2 Å². The van der Waals surface area contributed by atoms with Gasteiger partial charge in [-0.3, -0.25) is 19.4 Å². The minimum absolute atomic E-state index is 0.120. The molecule has 0 saturated carbocycles. The van der Waals surface area contributed by atoms with Crippen molar-refractivity contribution in [2.24, 2.45) is 5.92 Å². The maximum absolute atomic E-state index is 13.7. The Morgan fingerprint density at radius 1 is 0.852 bits per heavy atom. The zero-order chi connectivity index (χ0) is 38.1. The standard InChI is InChI=1S/C38H45N9O7/c1-21(2)32(44-38(52)54-4)36(50)45-17-5-7-29(45)33-39-20-28(42-33)23-11-9-22(10-12-23)24-13-14-25-27(19-24)41-34(40-25)30-8-6-18-46-31(48)16-15-26(35(49)47(30)46)43-37(51)53-3/h9-14,19-21,26,29-30,32H,5-8,15-18H2,1-4H3,(H,39,42)(H,40,41)(H,43,51)(H,44,52)/t26-,29-,30-,32-/m0/s1. The highest BCUT2D eigenvalue weighted by molar-refractivity contribution is 5.91. The average Bonchev–Trinajstić information content (AvgIpc) is 3.96. The van der Waals surface area contributed by atoms with Crippen LogP contribution in [-0.2, 0) is 23.9 Å². The normalized spacial score (nSPS) is 20.8. The summed E-state index contributed by atoms with van der Waals surface area (Å²) in [6.45, 7) is 4.77. The van der Waals surface area contributed by atoms with Gasteiger partial charge in [0.05, 0.1) is 43.2 Å². The number of hydrazine groups is 1. The Morgan fingerprint density at radius 2 is 1.56 bits per heavy atom. The van der Waals surface area contributed by atoms with Crippen molar-refractivity contribution < 1.29 is 33.4 Å². The van der Waals surface area contributed by atoms with Crippen LogP contribution in [0.2, 0.25) is 0 Å². The van der Waals surface area contributed by atoms with Crippen molar-refractivity contribution in [2.75, 3.05) is 27.3 Å². The number of hydrogen-bond acceptors (Lipinski definition) is 9. The molecule has 4 aromatic rings. The second-order valence-electron chi connectivity index (χ2n) is 14.2. The quantitative estimate of drug-likeness (QED) is 0.200. The maximum atomic E-state index is 13.7. The van der Waals surface area contributed by atoms with Gasteiger partial charge in [0.15, 0.2) is 0 Å². The van der Waals surface area contributed by atoms with E-state index in [1.165, 1.54) is 24.2 Å². The molecule has 4 N–H and O–H groups in total. The molecule has 0 aliphatic carbocycles. The van der Waals surface area contributed by atoms with E-state index < -0.39 is 30.3 Å². The third-order valence-electron chi connectivity index (χ3n) is 10.5. The first kappa shape index (κ1) is 36.4. The van der Waals surface area contributed by atoms with Crippen molar-refractivity contribution in [3.05, 3.63) is 60.3 Å². The number of amides is 5. The number of fused-ring (bicyclic) bond motifs is 2. The largest absolute Gasteiger partial charge is 0.453 e. The molecule has 0 spiro atoms. The lowest BCUT2D eigenvalue weighted by molar-refractivity contribution is -0.174. The van der Waals surface area contributed by atoms with Gasteiger partial charge in [0.1, 0.15) is 29.8 Å². The van der Waals surface area contributed by atoms with Crippen molar-refractivity contribution in [1.82, 2.24) is 45.5 Å². The molecule has 0 radical (unpaired) electrons. The predicted octanol–water partition coefficient (Wildman–Crippen LogP) is 4.59. The van der Waals surface area contributed by atoms with Crippen LogP contribution in [0.1, 0.15) is 76.1 Å². The summed E-state index contributed by atoms with van der Waals surface area (Å²) < 4.78 is 9.47. The van der Waals surface area contributed by atoms with Gasteiger partial charge in [0, 0.05) is 19.5 Å². The first-order valence-corrected chi connectivity index (χ1v) is 18.3. The molecule has 0 bridgehead atoms. The lowest BCUT2D eigenvalue weighted by Crippen LogP contribution is -2.57.